The average molecular weight is 892 g/mol. The van der Waals surface area contributed by atoms with Gasteiger partial charge in [0, 0.05) is 0 Å². The largest absolute Gasteiger partial charge is 0.394 e. The Bertz CT molecular complexity index is 1170. The van der Waals surface area contributed by atoms with E-state index in [-0.39, 0.29) is 6.61 Å². The molecule has 8 atom stereocenters. The number of amides is 1. The molecule has 7 N–H and O–H groups in total. The Morgan fingerprint density at radius 2 is 1.08 bits per heavy atom. The van der Waals surface area contributed by atoms with Crippen LogP contribution in [0.3, 0.4) is 0 Å². The van der Waals surface area contributed by atoms with Crippen molar-refractivity contribution < 1.29 is 44.9 Å². The van der Waals surface area contributed by atoms with Gasteiger partial charge in [0.05, 0.1) is 25.4 Å². The molecule has 0 spiro atoms. The molecule has 1 amide bonds. The SMILES string of the molecule is CCCCCCC=CCCCCCCCCCCCCCCCCCCC(O)C(=O)NC(COC1OC(CO)C(O)C(O)C1O)C(O)C=CCCC=C(C)C=CCCCCCCC. The number of carbonyl (C=O) groups excluding carboxylic acids is 1. The maximum Gasteiger partial charge on any atom is 0.249 e. The van der Waals surface area contributed by atoms with Crippen molar-refractivity contribution in [2.45, 2.75) is 269 Å². The standard InChI is InChI=1S/C53H97NO9/c1-4-6-8-10-12-13-14-15-16-17-18-19-20-21-22-23-24-25-26-27-28-30-32-36-41-47(57)52(61)54-45(43-62-53-51(60)50(59)49(58)48(42-55)63-53)46(56)40-37-33-35-39-44(3)38-34-31-29-11-9-7-5-2/h13-14,34,37-40,45-51,53,55-60H,4-12,15-33,35-36,41-43H2,1-3H3,(H,54,61). The van der Waals surface area contributed by atoms with E-state index in [1.165, 1.54) is 153 Å². The highest BCUT2D eigenvalue weighted by Crippen LogP contribution is 2.23. The number of nitrogens with one attached hydrogen (secondary N) is 1. The van der Waals surface area contributed by atoms with Crippen molar-refractivity contribution in [2.75, 3.05) is 13.2 Å². The number of unbranched alkanes of at least 4 members (excludes halogenated alkanes) is 26. The number of ether oxygens (including phenoxy) is 2. The van der Waals surface area contributed by atoms with Gasteiger partial charge in [-0.1, -0.05) is 203 Å². The topological polar surface area (TPSA) is 169 Å². The molecule has 1 heterocycles. The quantitative estimate of drug-likeness (QED) is 0.0179. The van der Waals surface area contributed by atoms with E-state index >= 15 is 0 Å². The van der Waals surface area contributed by atoms with E-state index in [0.717, 1.165) is 32.1 Å². The van der Waals surface area contributed by atoms with Crippen LogP contribution in [-0.4, -0.2) is 98.7 Å². The minimum absolute atomic E-state index is 0.299. The van der Waals surface area contributed by atoms with E-state index in [9.17, 15) is 35.4 Å². The zero-order valence-electron chi connectivity index (χ0n) is 40.4. The molecule has 0 bridgehead atoms. The van der Waals surface area contributed by atoms with Crippen molar-refractivity contribution in [3.8, 4) is 0 Å². The Labute approximate surface area is 385 Å². The van der Waals surface area contributed by atoms with Gasteiger partial charge in [-0.15, -0.1) is 0 Å². The summed E-state index contributed by atoms with van der Waals surface area (Å²) in [5, 5.41) is 64.9. The molecule has 1 fully saturated rings. The summed E-state index contributed by atoms with van der Waals surface area (Å²) < 4.78 is 11.2. The summed E-state index contributed by atoms with van der Waals surface area (Å²) in [7, 11) is 0. The van der Waals surface area contributed by atoms with Crippen molar-refractivity contribution in [1.82, 2.24) is 5.32 Å². The van der Waals surface area contributed by atoms with E-state index in [4.69, 9.17) is 9.47 Å². The van der Waals surface area contributed by atoms with Crippen LogP contribution in [0.25, 0.3) is 0 Å². The fraction of sp³-hybridized carbons (Fsp3) is 0.830. The molecule has 1 aliphatic rings. The number of rotatable bonds is 42. The van der Waals surface area contributed by atoms with Gasteiger partial charge < -0.3 is 45.4 Å². The van der Waals surface area contributed by atoms with Crippen molar-refractivity contribution in [2.24, 2.45) is 0 Å². The van der Waals surface area contributed by atoms with Crippen LogP contribution >= 0.6 is 0 Å². The summed E-state index contributed by atoms with van der Waals surface area (Å²) in [4.78, 5) is 13.1. The number of hydrogen-bond donors (Lipinski definition) is 7. The summed E-state index contributed by atoms with van der Waals surface area (Å²) in [5.74, 6) is -0.632. The lowest BCUT2D eigenvalue weighted by molar-refractivity contribution is -0.302. The first-order valence-corrected chi connectivity index (χ1v) is 25.9. The molecule has 8 unspecified atom stereocenters. The van der Waals surface area contributed by atoms with Gasteiger partial charge in [-0.3, -0.25) is 4.79 Å². The van der Waals surface area contributed by atoms with E-state index in [2.05, 4.69) is 56.5 Å². The third kappa shape index (κ3) is 31.6. The Morgan fingerprint density at radius 1 is 0.603 bits per heavy atom. The summed E-state index contributed by atoms with van der Waals surface area (Å²) in [5.41, 5.74) is 1.18. The van der Waals surface area contributed by atoms with E-state index in [0.29, 0.717) is 19.3 Å². The molecule has 10 heteroatoms. The molecule has 10 nitrogen and oxygen atoms in total. The van der Waals surface area contributed by atoms with Gasteiger partial charge in [-0.2, -0.15) is 0 Å². The molecule has 0 aromatic carbocycles. The Balaban J connectivity index is 2.35. The number of hydrogen-bond acceptors (Lipinski definition) is 9. The van der Waals surface area contributed by atoms with Gasteiger partial charge in [-0.25, -0.2) is 0 Å². The smallest absolute Gasteiger partial charge is 0.249 e. The molecule has 1 aliphatic heterocycles. The number of carbonyl (C=O) groups is 1. The van der Waals surface area contributed by atoms with E-state index in [1.807, 2.05) is 6.08 Å². The van der Waals surface area contributed by atoms with Crippen molar-refractivity contribution in [1.29, 1.82) is 0 Å². The predicted octanol–water partition coefficient (Wildman–Crippen LogP) is 10.8. The lowest BCUT2D eigenvalue weighted by Gasteiger charge is -2.40. The van der Waals surface area contributed by atoms with Gasteiger partial charge in [-0.05, 0) is 64.7 Å². The van der Waals surface area contributed by atoms with Gasteiger partial charge in [0.15, 0.2) is 6.29 Å². The van der Waals surface area contributed by atoms with Gasteiger partial charge in [0.2, 0.25) is 5.91 Å². The summed E-state index contributed by atoms with van der Waals surface area (Å²) in [6, 6.07) is -1.01. The fourth-order valence-corrected chi connectivity index (χ4v) is 8.02. The van der Waals surface area contributed by atoms with Crippen LogP contribution in [0.2, 0.25) is 0 Å². The Kier molecular flexibility index (Phi) is 39.0. The minimum Gasteiger partial charge on any atom is -0.394 e. The highest BCUT2D eigenvalue weighted by Gasteiger charge is 2.44. The second-order valence-electron chi connectivity index (χ2n) is 18.3. The highest BCUT2D eigenvalue weighted by molar-refractivity contribution is 5.80. The second-order valence-corrected chi connectivity index (χ2v) is 18.3. The van der Waals surface area contributed by atoms with Crippen LogP contribution < -0.4 is 5.32 Å². The number of aliphatic hydroxyl groups excluding tert-OH is 6. The third-order valence-electron chi connectivity index (χ3n) is 12.3. The third-order valence-corrected chi connectivity index (χ3v) is 12.3. The van der Waals surface area contributed by atoms with Crippen molar-refractivity contribution in [3.63, 3.8) is 0 Å². The summed E-state index contributed by atoms with van der Waals surface area (Å²) in [6.45, 7) is 5.62. The molecule has 0 aromatic heterocycles. The lowest BCUT2D eigenvalue weighted by Crippen LogP contribution is -2.60. The highest BCUT2D eigenvalue weighted by atomic mass is 16.7. The average Bonchev–Trinajstić information content (AvgIpc) is 3.28. The minimum atomic E-state index is -1.62. The van der Waals surface area contributed by atoms with Crippen LogP contribution in [0.1, 0.15) is 220 Å². The van der Waals surface area contributed by atoms with Crippen LogP contribution in [0.4, 0.5) is 0 Å². The second kappa shape index (κ2) is 41.5. The van der Waals surface area contributed by atoms with Gasteiger partial charge in [0.25, 0.3) is 0 Å². The lowest BCUT2D eigenvalue weighted by atomic mass is 9.99. The molecule has 0 saturated carbocycles. The molecular formula is C53H97NO9. The Hall–Kier alpha value is -1.89. The first-order valence-electron chi connectivity index (χ1n) is 25.9. The Morgan fingerprint density at radius 3 is 1.60 bits per heavy atom. The molecule has 1 rings (SSSR count). The maximum atomic E-state index is 13.1. The van der Waals surface area contributed by atoms with Gasteiger partial charge in [0.1, 0.15) is 30.5 Å². The van der Waals surface area contributed by atoms with E-state index in [1.54, 1.807) is 6.08 Å². The summed E-state index contributed by atoms with van der Waals surface area (Å²) >= 11 is 0. The first kappa shape index (κ1) is 59.1. The summed E-state index contributed by atoms with van der Waals surface area (Å²) in [6.07, 6.45) is 41.7. The molecular weight excluding hydrogens is 795 g/mol. The zero-order valence-corrected chi connectivity index (χ0v) is 40.4. The van der Waals surface area contributed by atoms with Gasteiger partial charge >= 0.3 is 0 Å². The van der Waals surface area contributed by atoms with E-state index < -0.39 is 61.5 Å². The zero-order chi connectivity index (χ0) is 46.2. The molecule has 1 saturated heterocycles. The molecule has 0 aliphatic carbocycles. The normalized spacial score (nSPS) is 21.2. The molecule has 0 radical (unpaired) electrons. The predicted molar refractivity (Wildman–Crippen MR) is 259 cm³/mol. The fourth-order valence-electron chi connectivity index (χ4n) is 8.02. The molecule has 0 aromatic rings. The monoisotopic (exact) mass is 892 g/mol. The van der Waals surface area contributed by atoms with Crippen LogP contribution in [-0.2, 0) is 14.3 Å². The maximum absolute atomic E-state index is 13.1. The van der Waals surface area contributed by atoms with Crippen molar-refractivity contribution >= 4 is 5.91 Å². The van der Waals surface area contributed by atoms with Crippen LogP contribution in [0, 0.1) is 0 Å². The molecule has 368 valence electrons. The van der Waals surface area contributed by atoms with Crippen LogP contribution in [0.15, 0.2) is 48.1 Å². The first-order chi connectivity index (χ1) is 30.7. The number of allylic oxidation sites excluding steroid dienone is 7. The molecule has 63 heavy (non-hydrogen) atoms. The van der Waals surface area contributed by atoms with Crippen LogP contribution in [0.5, 0.6) is 0 Å². The van der Waals surface area contributed by atoms with Crippen molar-refractivity contribution in [3.05, 3.63) is 48.1 Å². The number of aliphatic hydroxyl groups is 6.